The van der Waals surface area contributed by atoms with E-state index in [4.69, 9.17) is 4.98 Å². The summed E-state index contributed by atoms with van der Waals surface area (Å²) in [7, 11) is 3.07. The number of carbonyl (C=O) groups is 1. The monoisotopic (exact) mass is 476 g/mol. The van der Waals surface area contributed by atoms with E-state index in [0.29, 0.717) is 55.4 Å². The molecule has 1 aliphatic heterocycles. The molecule has 35 heavy (non-hydrogen) atoms. The van der Waals surface area contributed by atoms with E-state index < -0.39 is 11.2 Å². The first-order valence-corrected chi connectivity index (χ1v) is 11.3. The molecular weight excluding hydrogens is 451 g/mol. The SMILES string of the molecule is Cn1c(=O)c2c(nc(N3CCN(C(=O)c4ccc(F)cc4)CC3)n2Cc2ccccc2)n(C)c1=O. The Bertz CT molecular complexity index is 1510. The summed E-state index contributed by atoms with van der Waals surface area (Å²) in [5.41, 5.74) is 1.28. The van der Waals surface area contributed by atoms with Crippen LogP contribution in [0.4, 0.5) is 10.3 Å². The highest BCUT2D eigenvalue weighted by molar-refractivity contribution is 5.94. The smallest absolute Gasteiger partial charge is 0.332 e. The zero-order valence-electron chi connectivity index (χ0n) is 19.5. The maximum atomic E-state index is 13.2. The molecule has 1 fully saturated rings. The Morgan fingerprint density at radius 1 is 0.914 bits per heavy atom. The number of hydrogen-bond donors (Lipinski definition) is 0. The van der Waals surface area contributed by atoms with E-state index in [1.165, 1.54) is 35.9 Å². The van der Waals surface area contributed by atoms with Crippen LogP contribution in [-0.4, -0.2) is 55.7 Å². The second-order valence-electron chi connectivity index (χ2n) is 8.65. The minimum absolute atomic E-state index is 0.154. The van der Waals surface area contributed by atoms with Crippen molar-refractivity contribution in [2.45, 2.75) is 6.54 Å². The highest BCUT2D eigenvalue weighted by Gasteiger charge is 2.27. The Balaban J connectivity index is 1.50. The summed E-state index contributed by atoms with van der Waals surface area (Å²) in [5.74, 6) is 0.0407. The van der Waals surface area contributed by atoms with Gasteiger partial charge in [0.15, 0.2) is 11.2 Å². The third-order valence-corrected chi connectivity index (χ3v) is 6.45. The van der Waals surface area contributed by atoms with Gasteiger partial charge in [0.25, 0.3) is 11.5 Å². The van der Waals surface area contributed by atoms with Gasteiger partial charge in [0.05, 0.1) is 6.54 Å². The largest absolute Gasteiger partial charge is 0.339 e. The number of anilines is 1. The Morgan fingerprint density at radius 3 is 2.23 bits per heavy atom. The van der Waals surface area contributed by atoms with E-state index in [9.17, 15) is 18.8 Å². The number of carbonyl (C=O) groups excluding carboxylic acids is 1. The number of benzene rings is 2. The zero-order valence-corrected chi connectivity index (χ0v) is 19.5. The van der Waals surface area contributed by atoms with Crippen molar-refractivity contribution in [1.82, 2.24) is 23.6 Å². The number of nitrogens with zero attached hydrogens (tertiary/aromatic N) is 6. The molecule has 9 nitrogen and oxygen atoms in total. The molecule has 0 spiro atoms. The van der Waals surface area contributed by atoms with Gasteiger partial charge in [0.2, 0.25) is 5.95 Å². The van der Waals surface area contributed by atoms with E-state index in [-0.39, 0.29) is 11.7 Å². The lowest BCUT2D eigenvalue weighted by molar-refractivity contribution is 0.0746. The lowest BCUT2D eigenvalue weighted by Gasteiger charge is -2.35. The van der Waals surface area contributed by atoms with Gasteiger partial charge in [-0.25, -0.2) is 9.18 Å². The molecule has 0 saturated carbocycles. The molecule has 10 heteroatoms. The average Bonchev–Trinajstić information content (AvgIpc) is 3.26. The first-order chi connectivity index (χ1) is 16.8. The van der Waals surface area contributed by atoms with E-state index in [1.54, 1.807) is 11.9 Å². The van der Waals surface area contributed by atoms with Gasteiger partial charge in [-0.05, 0) is 29.8 Å². The van der Waals surface area contributed by atoms with Crippen molar-refractivity contribution in [2.24, 2.45) is 14.1 Å². The van der Waals surface area contributed by atoms with Crippen LogP contribution >= 0.6 is 0 Å². The van der Waals surface area contributed by atoms with Crippen molar-refractivity contribution in [1.29, 1.82) is 0 Å². The van der Waals surface area contributed by atoms with Crippen molar-refractivity contribution in [3.63, 3.8) is 0 Å². The van der Waals surface area contributed by atoms with Crippen LogP contribution in [-0.2, 0) is 20.6 Å². The molecule has 1 aliphatic rings. The molecule has 2 aromatic heterocycles. The quantitative estimate of drug-likeness (QED) is 0.447. The molecule has 0 bridgehead atoms. The molecule has 180 valence electrons. The summed E-state index contributed by atoms with van der Waals surface area (Å²) in [5, 5.41) is 0. The molecule has 0 N–H and O–H groups in total. The molecule has 5 rings (SSSR count). The fourth-order valence-corrected chi connectivity index (χ4v) is 4.48. The molecule has 0 atom stereocenters. The van der Waals surface area contributed by atoms with Crippen LogP contribution in [0.2, 0.25) is 0 Å². The number of amides is 1. The lowest BCUT2D eigenvalue weighted by Crippen LogP contribution is -2.49. The number of piperazine rings is 1. The van der Waals surface area contributed by atoms with Gasteiger partial charge in [0, 0.05) is 45.8 Å². The number of imidazole rings is 1. The lowest BCUT2D eigenvalue weighted by atomic mass is 10.2. The number of aromatic nitrogens is 4. The fourth-order valence-electron chi connectivity index (χ4n) is 4.48. The molecule has 1 amide bonds. The van der Waals surface area contributed by atoms with Crippen LogP contribution in [0.15, 0.2) is 64.2 Å². The minimum atomic E-state index is -0.437. The van der Waals surface area contributed by atoms with Gasteiger partial charge in [-0.3, -0.25) is 23.3 Å². The molecular formula is C25H25FN6O3. The minimum Gasteiger partial charge on any atom is -0.339 e. The Morgan fingerprint density at radius 2 is 1.57 bits per heavy atom. The second kappa shape index (κ2) is 8.86. The third-order valence-electron chi connectivity index (χ3n) is 6.45. The van der Waals surface area contributed by atoms with Gasteiger partial charge in [-0.1, -0.05) is 30.3 Å². The van der Waals surface area contributed by atoms with E-state index >= 15 is 0 Å². The first kappa shape index (κ1) is 22.6. The fraction of sp³-hybridized carbons (Fsp3) is 0.280. The molecule has 0 radical (unpaired) electrons. The standard InChI is InChI=1S/C25H25FN6O3/c1-28-21-20(23(34)29(2)25(28)35)32(16-17-6-4-3-5-7-17)24(27-21)31-14-12-30(13-15-31)22(33)18-8-10-19(26)11-9-18/h3-11H,12-16H2,1-2H3. The zero-order chi connectivity index (χ0) is 24.7. The summed E-state index contributed by atoms with van der Waals surface area (Å²) in [6.45, 7) is 2.30. The predicted octanol–water partition coefficient (Wildman–Crippen LogP) is 1.58. The topological polar surface area (TPSA) is 85.4 Å². The Labute approximate surface area is 200 Å². The summed E-state index contributed by atoms with van der Waals surface area (Å²) in [6.07, 6.45) is 0. The number of halogens is 1. The molecule has 1 saturated heterocycles. The molecule has 4 aromatic rings. The number of aryl methyl sites for hydroxylation is 1. The van der Waals surface area contributed by atoms with Crippen molar-refractivity contribution in [2.75, 3.05) is 31.1 Å². The van der Waals surface area contributed by atoms with Crippen molar-refractivity contribution in [3.05, 3.63) is 92.4 Å². The number of rotatable bonds is 4. The van der Waals surface area contributed by atoms with Crippen LogP contribution < -0.4 is 16.1 Å². The van der Waals surface area contributed by atoms with Gasteiger partial charge < -0.3 is 9.80 Å². The van der Waals surface area contributed by atoms with Crippen LogP contribution in [0.3, 0.4) is 0 Å². The van der Waals surface area contributed by atoms with Crippen LogP contribution in [0.25, 0.3) is 11.2 Å². The maximum Gasteiger partial charge on any atom is 0.332 e. The second-order valence-corrected chi connectivity index (χ2v) is 8.65. The third kappa shape index (κ3) is 4.01. The van der Waals surface area contributed by atoms with Crippen LogP contribution in [0.5, 0.6) is 0 Å². The normalized spacial score (nSPS) is 14.0. The summed E-state index contributed by atoms with van der Waals surface area (Å²) in [6, 6.07) is 15.3. The van der Waals surface area contributed by atoms with Crippen molar-refractivity contribution >= 4 is 23.0 Å². The number of fused-ring (bicyclic) bond motifs is 1. The Kier molecular flexibility index (Phi) is 5.72. The molecule has 0 aliphatic carbocycles. The summed E-state index contributed by atoms with van der Waals surface area (Å²) in [4.78, 5) is 47.0. The predicted molar refractivity (Wildman–Crippen MR) is 130 cm³/mol. The molecule has 2 aromatic carbocycles. The molecule has 3 heterocycles. The molecule has 0 unspecified atom stereocenters. The van der Waals surface area contributed by atoms with Crippen molar-refractivity contribution in [3.8, 4) is 0 Å². The maximum absolute atomic E-state index is 13.2. The van der Waals surface area contributed by atoms with E-state index in [2.05, 4.69) is 0 Å². The van der Waals surface area contributed by atoms with E-state index in [1.807, 2.05) is 39.8 Å². The summed E-state index contributed by atoms with van der Waals surface area (Å²) >= 11 is 0. The van der Waals surface area contributed by atoms with Crippen LogP contribution in [0, 0.1) is 5.82 Å². The van der Waals surface area contributed by atoms with Gasteiger partial charge in [-0.2, -0.15) is 4.98 Å². The first-order valence-electron chi connectivity index (χ1n) is 11.3. The van der Waals surface area contributed by atoms with E-state index in [0.717, 1.165) is 10.1 Å². The van der Waals surface area contributed by atoms with Crippen LogP contribution in [0.1, 0.15) is 15.9 Å². The van der Waals surface area contributed by atoms with Gasteiger partial charge >= 0.3 is 5.69 Å². The Hall–Kier alpha value is -4.21. The van der Waals surface area contributed by atoms with Crippen molar-refractivity contribution < 1.29 is 9.18 Å². The van der Waals surface area contributed by atoms with Gasteiger partial charge in [0.1, 0.15) is 5.82 Å². The average molecular weight is 477 g/mol. The highest BCUT2D eigenvalue weighted by Crippen LogP contribution is 2.23. The number of hydrogen-bond acceptors (Lipinski definition) is 5. The summed E-state index contributed by atoms with van der Waals surface area (Å²) < 4.78 is 17.6. The van der Waals surface area contributed by atoms with Gasteiger partial charge in [-0.15, -0.1) is 0 Å². The highest BCUT2D eigenvalue weighted by atomic mass is 19.1.